The van der Waals surface area contributed by atoms with Gasteiger partial charge in [0.2, 0.25) is 5.66 Å². The van der Waals surface area contributed by atoms with E-state index < -0.39 is 17.7 Å². The van der Waals surface area contributed by atoms with Crippen molar-refractivity contribution in [3.63, 3.8) is 0 Å². The smallest absolute Gasteiger partial charge is 0.317 e. The highest BCUT2D eigenvalue weighted by atomic mass is 19.4. The second kappa shape index (κ2) is 5.02. The lowest BCUT2D eigenvalue weighted by Crippen LogP contribution is -2.67. The van der Waals surface area contributed by atoms with Crippen LogP contribution in [0.4, 0.5) is 13.2 Å². The number of alkyl halides is 3. The minimum atomic E-state index is -4.81. The Morgan fingerprint density at radius 2 is 1.87 bits per heavy atom. The van der Waals surface area contributed by atoms with Gasteiger partial charge < -0.3 is 10.2 Å². The molecule has 23 heavy (non-hydrogen) atoms. The molecule has 1 aromatic carbocycles. The number of fused-ring (bicyclic) bond motifs is 1. The van der Waals surface area contributed by atoms with Crippen LogP contribution in [0, 0.1) is 11.3 Å². The molecule has 2 aliphatic heterocycles. The van der Waals surface area contributed by atoms with Crippen molar-refractivity contribution in [1.82, 2.24) is 10.2 Å². The van der Waals surface area contributed by atoms with Crippen molar-refractivity contribution in [2.45, 2.75) is 11.8 Å². The van der Waals surface area contributed by atoms with Crippen molar-refractivity contribution >= 4 is 5.91 Å². The first-order chi connectivity index (χ1) is 10.9. The van der Waals surface area contributed by atoms with Gasteiger partial charge in [-0.3, -0.25) is 4.79 Å². The maximum atomic E-state index is 14.0. The Balaban J connectivity index is 2.33. The summed E-state index contributed by atoms with van der Waals surface area (Å²) >= 11 is 0. The lowest BCUT2D eigenvalue weighted by molar-refractivity contribution is -0.237. The van der Waals surface area contributed by atoms with Crippen molar-refractivity contribution in [3.8, 4) is 6.07 Å². The number of rotatable bonds is 1. The molecule has 4 nitrogen and oxygen atoms in total. The molecule has 0 aliphatic carbocycles. The average molecular weight is 317 g/mol. The third-order valence-corrected chi connectivity index (χ3v) is 3.71. The molecular weight excluding hydrogens is 307 g/mol. The molecule has 2 aliphatic rings. The Labute approximate surface area is 129 Å². The van der Waals surface area contributed by atoms with E-state index in [2.05, 4.69) is 0 Å². The Bertz CT molecular complexity index is 787. The first-order valence-electron chi connectivity index (χ1n) is 6.65. The fraction of sp³-hybridized carbons (Fsp3) is 0.125. The second-order valence-electron chi connectivity index (χ2n) is 4.97. The third kappa shape index (κ3) is 2.03. The van der Waals surface area contributed by atoms with E-state index in [4.69, 9.17) is 5.26 Å². The van der Waals surface area contributed by atoms with Gasteiger partial charge >= 0.3 is 6.18 Å². The largest absolute Gasteiger partial charge is 0.435 e. The monoisotopic (exact) mass is 317 g/mol. The lowest BCUT2D eigenvalue weighted by atomic mass is 9.91. The molecule has 0 radical (unpaired) electrons. The zero-order valence-corrected chi connectivity index (χ0v) is 11.6. The number of hydrogen-bond donors (Lipinski definition) is 1. The Morgan fingerprint density at radius 3 is 2.48 bits per heavy atom. The van der Waals surface area contributed by atoms with Gasteiger partial charge in [-0.25, -0.2) is 0 Å². The molecule has 0 spiro atoms. The number of halogens is 3. The molecule has 0 saturated carbocycles. The fourth-order valence-electron chi connectivity index (χ4n) is 2.71. The summed E-state index contributed by atoms with van der Waals surface area (Å²) in [6.07, 6.45) is 0.604. The van der Waals surface area contributed by atoms with Crippen LogP contribution in [0.2, 0.25) is 0 Å². The van der Waals surface area contributed by atoms with Crippen LogP contribution in [0.15, 0.2) is 66.0 Å². The van der Waals surface area contributed by atoms with E-state index in [1.807, 2.05) is 5.32 Å². The molecule has 0 unspecified atom stereocenters. The summed E-state index contributed by atoms with van der Waals surface area (Å²) in [6, 6.07) is 8.75. The van der Waals surface area contributed by atoms with Crippen molar-refractivity contribution in [1.29, 1.82) is 5.26 Å². The van der Waals surface area contributed by atoms with Crippen LogP contribution in [0.5, 0.6) is 0 Å². The highest BCUT2D eigenvalue weighted by Crippen LogP contribution is 2.47. The van der Waals surface area contributed by atoms with Crippen LogP contribution in [-0.2, 0) is 10.5 Å². The maximum absolute atomic E-state index is 14.0. The molecule has 1 N–H and O–H groups in total. The van der Waals surface area contributed by atoms with Gasteiger partial charge in [-0.1, -0.05) is 36.4 Å². The van der Waals surface area contributed by atoms with Gasteiger partial charge in [0, 0.05) is 11.8 Å². The molecule has 0 fully saturated rings. The van der Waals surface area contributed by atoms with E-state index in [9.17, 15) is 18.0 Å². The fourth-order valence-corrected chi connectivity index (χ4v) is 2.71. The molecule has 2 heterocycles. The standard InChI is InChI=1S/C16H10F3N3O/c17-16(18,19)15(11-6-2-1-3-7-11)21-14(23)12(10-20)13-8-4-5-9-22(13)15/h1-9H,(H,21,23)/t15-/m1/s1. The first-order valence-corrected chi connectivity index (χ1v) is 6.65. The van der Waals surface area contributed by atoms with Crippen molar-refractivity contribution in [3.05, 3.63) is 71.6 Å². The summed E-state index contributed by atoms with van der Waals surface area (Å²) in [7, 11) is 0. The quantitative estimate of drug-likeness (QED) is 0.866. The topological polar surface area (TPSA) is 56.1 Å². The second-order valence-corrected chi connectivity index (χ2v) is 4.97. The number of amides is 1. The van der Waals surface area contributed by atoms with E-state index in [0.29, 0.717) is 0 Å². The number of hydrogen-bond acceptors (Lipinski definition) is 3. The van der Waals surface area contributed by atoms with Crippen LogP contribution in [0.1, 0.15) is 5.56 Å². The Hall–Kier alpha value is -3.01. The number of nitrogens with one attached hydrogen (secondary N) is 1. The van der Waals surface area contributed by atoms with Crippen molar-refractivity contribution < 1.29 is 18.0 Å². The van der Waals surface area contributed by atoms with Gasteiger partial charge in [0.05, 0.1) is 5.70 Å². The van der Waals surface area contributed by atoms with Crippen LogP contribution >= 0.6 is 0 Å². The summed E-state index contributed by atoms with van der Waals surface area (Å²) < 4.78 is 42.1. The zero-order chi connectivity index (χ0) is 16.7. The number of nitriles is 1. The van der Waals surface area contributed by atoms with Gasteiger partial charge in [-0.15, -0.1) is 0 Å². The Kier molecular flexibility index (Phi) is 3.25. The molecule has 1 atom stereocenters. The van der Waals surface area contributed by atoms with Crippen LogP contribution in [-0.4, -0.2) is 17.0 Å². The normalized spacial score (nSPS) is 23.4. The van der Waals surface area contributed by atoms with Crippen LogP contribution in [0.3, 0.4) is 0 Å². The number of benzene rings is 1. The molecule has 7 heteroatoms. The van der Waals surface area contributed by atoms with Crippen LogP contribution in [0.25, 0.3) is 0 Å². The van der Waals surface area contributed by atoms with E-state index in [0.717, 1.165) is 4.90 Å². The minimum Gasteiger partial charge on any atom is -0.317 e. The zero-order valence-electron chi connectivity index (χ0n) is 11.6. The summed E-state index contributed by atoms with van der Waals surface area (Å²) in [6.45, 7) is 0. The van der Waals surface area contributed by atoms with E-state index in [1.54, 1.807) is 12.1 Å². The summed E-state index contributed by atoms with van der Waals surface area (Å²) in [5.41, 5.74) is -3.35. The predicted octanol–water partition coefficient (Wildman–Crippen LogP) is 2.69. The van der Waals surface area contributed by atoms with Crippen molar-refractivity contribution in [2.24, 2.45) is 0 Å². The van der Waals surface area contributed by atoms with Crippen molar-refractivity contribution in [2.75, 3.05) is 0 Å². The third-order valence-electron chi connectivity index (χ3n) is 3.71. The molecular formula is C16H10F3N3O. The molecule has 1 amide bonds. The van der Waals surface area contributed by atoms with Gasteiger partial charge in [0.15, 0.2) is 0 Å². The first kappa shape index (κ1) is 14.9. The van der Waals surface area contributed by atoms with Crippen LogP contribution < -0.4 is 5.32 Å². The predicted molar refractivity (Wildman–Crippen MR) is 75.1 cm³/mol. The average Bonchev–Trinajstić information content (AvgIpc) is 2.54. The summed E-state index contributed by atoms with van der Waals surface area (Å²) in [4.78, 5) is 13.0. The number of carbonyl (C=O) groups excluding carboxylic acids is 1. The maximum Gasteiger partial charge on any atom is 0.435 e. The number of nitrogens with zero attached hydrogens (tertiary/aromatic N) is 2. The number of carbonyl (C=O) groups is 1. The minimum absolute atomic E-state index is 0.0834. The van der Waals surface area contributed by atoms with E-state index in [-0.39, 0.29) is 16.8 Å². The molecule has 0 bridgehead atoms. The molecule has 1 aromatic rings. The van der Waals surface area contributed by atoms with E-state index in [1.165, 1.54) is 48.7 Å². The SMILES string of the molecule is N#CC1=C2C=CC=CN2[C@](c2ccccc2)(C(F)(F)F)NC1=O. The lowest BCUT2D eigenvalue weighted by Gasteiger charge is -2.48. The highest BCUT2D eigenvalue weighted by molar-refractivity contribution is 6.00. The van der Waals surface area contributed by atoms with Gasteiger partial charge in [0.1, 0.15) is 11.6 Å². The van der Waals surface area contributed by atoms with Gasteiger partial charge in [-0.05, 0) is 12.2 Å². The van der Waals surface area contributed by atoms with Gasteiger partial charge in [-0.2, -0.15) is 18.4 Å². The molecule has 116 valence electrons. The summed E-state index contributed by atoms with van der Waals surface area (Å²) in [5.74, 6) is -1.06. The molecule has 0 aromatic heterocycles. The number of allylic oxidation sites excluding steroid dienone is 3. The van der Waals surface area contributed by atoms with Gasteiger partial charge in [0.25, 0.3) is 5.91 Å². The highest BCUT2D eigenvalue weighted by Gasteiger charge is 2.63. The van der Waals surface area contributed by atoms with E-state index >= 15 is 0 Å². The molecule has 0 saturated heterocycles. The Morgan fingerprint density at radius 1 is 1.17 bits per heavy atom. The summed E-state index contributed by atoms with van der Waals surface area (Å²) in [5, 5.41) is 11.1. The molecule has 3 rings (SSSR count).